The zero-order chi connectivity index (χ0) is 21.3. The molecule has 0 radical (unpaired) electrons. The van der Waals surface area contributed by atoms with Gasteiger partial charge in [0.15, 0.2) is 0 Å². The molecule has 152 valence electrons. The minimum absolute atomic E-state index is 0.0290. The summed E-state index contributed by atoms with van der Waals surface area (Å²) in [7, 11) is 0. The number of benzene rings is 2. The quantitative estimate of drug-likeness (QED) is 0.747. The van der Waals surface area contributed by atoms with Crippen LogP contribution in [0.1, 0.15) is 38.8 Å². The van der Waals surface area contributed by atoms with Gasteiger partial charge in [-0.25, -0.2) is 4.39 Å². The van der Waals surface area contributed by atoms with E-state index >= 15 is 0 Å². The average Bonchev–Trinajstić information content (AvgIpc) is 2.64. The molecule has 0 saturated heterocycles. The predicted octanol–water partition coefficient (Wildman–Crippen LogP) is 3.53. The second-order valence-electron chi connectivity index (χ2n) is 6.71. The number of nitrogens with zero attached hydrogens (tertiary/aromatic N) is 1. The summed E-state index contributed by atoms with van der Waals surface area (Å²) in [6.45, 7) is 1.87. The van der Waals surface area contributed by atoms with Crippen LogP contribution in [0.2, 0.25) is 10.0 Å². The second-order valence-corrected chi connectivity index (χ2v) is 7.50. The second kappa shape index (κ2) is 8.39. The summed E-state index contributed by atoms with van der Waals surface area (Å²) in [4.78, 5) is 37.8. The standard InChI is InChI=1S/C20H17Cl2FN2O4/c1-10(20(28)29)24-18(26)16-15(21)8-14-13(17(16)22)5-6-25(19(14)27)9-11-3-2-4-12(23)7-11/h2-4,7-8,10H,5-6,9H2,1H3,(H,24,26)(H,28,29). The molecule has 1 atom stereocenters. The molecule has 9 heteroatoms. The average molecular weight is 439 g/mol. The number of halogens is 3. The number of hydrogen-bond acceptors (Lipinski definition) is 3. The Balaban J connectivity index is 1.89. The van der Waals surface area contributed by atoms with Crippen molar-refractivity contribution < 1.29 is 23.9 Å². The molecule has 0 aromatic heterocycles. The third-order valence-electron chi connectivity index (χ3n) is 4.68. The zero-order valence-electron chi connectivity index (χ0n) is 15.3. The Morgan fingerprint density at radius 1 is 1.31 bits per heavy atom. The lowest BCUT2D eigenvalue weighted by Gasteiger charge is -2.30. The third kappa shape index (κ3) is 4.36. The first kappa shape index (κ1) is 21.1. The topological polar surface area (TPSA) is 86.7 Å². The molecule has 0 fully saturated rings. The van der Waals surface area contributed by atoms with Crippen LogP contribution in [0, 0.1) is 5.82 Å². The highest BCUT2D eigenvalue weighted by molar-refractivity contribution is 6.41. The van der Waals surface area contributed by atoms with Crippen LogP contribution in [0.4, 0.5) is 4.39 Å². The van der Waals surface area contributed by atoms with Gasteiger partial charge in [-0.15, -0.1) is 0 Å². The number of carboxylic acid groups (broad SMARTS) is 1. The Morgan fingerprint density at radius 3 is 2.69 bits per heavy atom. The third-order valence-corrected chi connectivity index (χ3v) is 5.39. The van der Waals surface area contributed by atoms with Crippen molar-refractivity contribution in [2.75, 3.05) is 6.54 Å². The molecular formula is C20H17Cl2FN2O4. The Hall–Kier alpha value is -2.64. The molecule has 0 saturated carbocycles. The lowest BCUT2D eigenvalue weighted by molar-refractivity contribution is -0.138. The molecule has 0 spiro atoms. The van der Waals surface area contributed by atoms with E-state index in [1.54, 1.807) is 17.0 Å². The van der Waals surface area contributed by atoms with Crippen LogP contribution in [0.25, 0.3) is 0 Å². The van der Waals surface area contributed by atoms with E-state index in [2.05, 4.69) is 5.32 Å². The van der Waals surface area contributed by atoms with Crippen molar-refractivity contribution in [1.29, 1.82) is 0 Å². The first-order chi connectivity index (χ1) is 13.7. The smallest absolute Gasteiger partial charge is 0.325 e. The molecule has 29 heavy (non-hydrogen) atoms. The summed E-state index contributed by atoms with van der Waals surface area (Å²) in [5, 5.41) is 11.2. The number of hydrogen-bond donors (Lipinski definition) is 2. The van der Waals surface area contributed by atoms with Gasteiger partial charge in [0.05, 0.1) is 15.6 Å². The van der Waals surface area contributed by atoms with Gasteiger partial charge in [-0.05, 0) is 42.7 Å². The number of carbonyl (C=O) groups is 3. The molecule has 3 rings (SSSR count). The van der Waals surface area contributed by atoms with Crippen molar-refractivity contribution >= 4 is 41.0 Å². The maximum atomic E-state index is 13.4. The Morgan fingerprint density at radius 2 is 2.03 bits per heavy atom. The molecule has 2 aromatic carbocycles. The van der Waals surface area contributed by atoms with Gasteiger partial charge in [0, 0.05) is 18.7 Å². The molecule has 1 heterocycles. The van der Waals surface area contributed by atoms with Gasteiger partial charge >= 0.3 is 5.97 Å². The van der Waals surface area contributed by atoms with Crippen molar-refractivity contribution in [3.63, 3.8) is 0 Å². The van der Waals surface area contributed by atoms with E-state index in [0.29, 0.717) is 24.1 Å². The number of fused-ring (bicyclic) bond motifs is 1. The number of aliphatic carboxylic acids is 1. The van der Waals surface area contributed by atoms with Crippen LogP contribution in [0.5, 0.6) is 0 Å². The molecule has 1 aliphatic rings. The highest BCUT2D eigenvalue weighted by atomic mass is 35.5. The van der Waals surface area contributed by atoms with E-state index in [0.717, 1.165) is 0 Å². The number of rotatable bonds is 5. The molecule has 6 nitrogen and oxygen atoms in total. The first-order valence-corrected chi connectivity index (χ1v) is 9.53. The highest BCUT2D eigenvalue weighted by Gasteiger charge is 2.31. The van der Waals surface area contributed by atoms with Gasteiger partial charge in [0.1, 0.15) is 11.9 Å². The van der Waals surface area contributed by atoms with E-state index < -0.39 is 17.9 Å². The fourth-order valence-corrected chi connectivity index (χ4v) is 3.88. The lowest BCUT2D eigenvalue weighted by atomic mass is 9.95. The minimum atomic E-state index is -1.20. The van der Waals surface area contributed by atoms with E-state index in [1.807, 2.05) is 0 Å². The Labute approximate surface area is 176 Å². The summed E-state index contributed by atoms with van der Waals surface area (Å²) >= 11 is 12.6. The van der Waals surface area contributed by atoms with Crippen LogP contribution in [-0.2, 0) is 17.8 Å². The zero-order valence-corrected chi connectivity index (χ0v) is 16.9. The summed E-state index contributed by atoms with van der Waals surface area (Å²) in [6.07, 6.45) is 0.376. The first-order valence-electron chi connectivity index (χ1n) is 8.77. The van der Waals surface area contributed by atoms with Crippen molar-refractivity contribution in [2.45, 2.75) is 25.9 Å². The van der Waals surface area contributed by atoms with Crippen LogP contribution in [0.3, 0.4) is 0 Å². The molecule has 2 amide bonds. The summed E-state index contributed by atoms with van der Waals surface area (Å²) in [5.41, 5.74) is 1.33. The Bertz CT molecular complexity index is 1010. The fraction of sp³-hybridized carbons (Fsp3) is 0.250. The summed E-state index contributed by atoms with van der Waals surface area (Å²) < 4.78 is 13.4. The molecule has 1 aliphatic heterocycles. The molecule has 2 aromatic rings. The molecular weight excluding hydrogens is 422 g/mol. The van der Waals surface area contributed by atoms with E-state index in [9.17, 15) is 18.8 Å². The minimum Gasteiger partial charge on any atom is -0.480 e. The normalized spacial score (nSPS) is 14.3. The Kier molecular flexibility index (Phi) is 6.10. The predicted molar refractivity (Wildman–Crippen MR) is 106 cm³/mol. The van der Waals surface area contributed by atoms with Crippen molar-refractivity contribution in [1.82, 2.24) is 10.2 Å². The summed E-state index contributed by atoms with van der Waals surface area (Å²) in [6, 6.07) is 6.22. The van der Waals surface area contributed by atoms with Crippen LogP contribution in [0.15, 0.2) is 30.3 Å². The largest absolute Gasteiger partial charge is 0.480 e. The van der Waals surface area contributed by atoms with Crippen molar-refractivity contribution in [3.05, 3.63) is 68.4 Å². The van der Waals surface area contributed by atoms with Crippen LogP contribution >= 0.6 is 23.2 Å². The van der Waals surface area contributed by atoms with Gasteiger partial charge < -0.3 is 15.3 Å². The van der Waals surface area contributed by atoms with Gasteiger partial charge in [-0.1, -0.05) is 35.3 Å². The SMILES string of the molecule is CC(NC(=O)c1c(Cl)cc2c(c1Cl)CCN(Cc1cccc(F)c1)C2=O)C(=O)O. The maximum Gasteiger partial charge on any atom is 0.325 e. The van der Waals surface area contributed by atoms with Crippen molar-refractivity contribution in [2.24, 2.45) is 0 Å². The molecule has 0 bridgehead atoms. The maximum absolute atomic E-state index is 13.4. The van der Waals surface area contributed by atoms with Gasteiger partial charge in [-0.2, -0.15) is 0 Å². The summed E-state index contributed by atoms with van der Waals surface area (Å²) in [5.74, 6) is -2.64. The number of carboxylic acids is 1. The molecule has 2 N–H and O–H groups in total. The monoisotopic (exact) mass is 438 g/mol. The highest BCUT2D eigenvalue weighted by Crippen LogP contribution is 2.35. The number of nitrogens with one attached hydrogen (secondary N) is 1. The van der Waals surface area contributed by atoms with Crippen molar-refractivity contribution in [3.8, 4) is 0 Å². The van der Waals surface area contributed by atoms with Gasteiger partial charge in [-0.3, -0.25) is 14.4 Å². The van der Waals surface area contributed by atoms with E-state index in [4.69, 9.17) is 28.3 Å². The molecule has 1 unspecified atom stereocenters. The fourth-order valence-electron chi connectivity index (χ4n) is 3.16. The van der Waals surface area contributed by atoms with Gasteiger partial charge in [0.2, 0.25) is 0 Å². The van der Waals surface area contributed by atoms with E-state index in [1.165, 1.54) is 25.1 Å². The molecule has 0 aliphatic carbocycles. The number of amides is 2. The van der Waals surface area contributed by atoms with Gasteiger partial charge in [0.25, 0.3) is 11.8 Å². The lowest BCUT2D eigenvalue weighted by Crippen LogP contribution is -2.40. The van der Waals surface area contributed by atoms with Crippen LogP contribution < -0.4 is 5.32 Å². The van der Waals surface area contributed by atoms with Crippen LogP contribution in [-0.4, -0.2) is 40.4 Å². The van der Waals surface area contributed by atoms with E-state index in [-0.39, 0.29) is 39.4 Å². The number of carbonyl (C=O) groups excluding carboxylic acids is 2.